The molecule has 5 nitrogen and oxygen atoms in total. The first-order chi connectivity index (χ1) is 10.2. The molecule has 0 unspecified atom stereocenters. The first-order valence-corrected chi connectivity index (χ1v) is 7.84. The van der Waals surface area contributed by atoms with Gasteiger partial charge in [-0.15, -0.1) is 11.3 Å². The topological polar surface area (TPSA) is 50.3 Å². The van der Waals surface area contributed by atoms with Crippen LogP contribution < -0.4 is 10.2 Å². The molecule has 0 amide bonds. The van der Waals surface area contributed by atoms with E-state index in [1.807, 2.05) is 36.5 Å². The normalized spacial score (nSPS) is 10.8. The van der Waals surface area contributed by atoms with E-state index in [2.05, 4.69) is 15.3 Å². The van der Waals surface area contributed by atoms with Crippen molar-refractivity contribution in [1.29, 1.82) is 0 Å². The van der Waals surface area contributed by atoms with E-state index in [1.165, 1.54) is 4.88 Å². The van der Waals surface area contributed by atoms with Crippen LogP contribution >= 0.6 is 22.9 Å². The van der Waals surface area contributed by atoms with Gasteiger partial charge in [0.15, 0.2) is 0 Å². The molecule has 0 spiro atoms. The van der Waals surface area contributed by atoms with Gasteiger partial charge in [0, 0.05) is 50.1 Å². The summed E-state index contributed by atoms with van der Waals surface area (Å²) < 4.78 is 5.78. The highest BCUT2D eigenvalue weighted by atomic mass is 35.5. The zero-order valence-electron chi connectivity index (χ0n) is 12.2. The Morgan fingerprint density at radius 1 is 1.33 bits per heavy atom. The number of hydrogen-bond donors (Lipinski definition) is 1. The maximum atomic E-state index is 5.93. The van der Waals surface area contributed by atoms with Crippen molar-refractivity contribution < 1.29 is 4.74 Å². The lowest BCUT2D eigenvalue weighted by Crippen LogP contribution is -2.20. The van der Waals surface area contributed by atoms with E-state index in [0.29, 0.717) is 12.6 Å². The van der Waals surface area contributed by atoms with E-state index in [9.17, 15) is 0 Å². The Bertz CT molecular complexity index is 546. The average Bonchev–Trinajstić information content (AvgIpc) is 2.89. The molecule has 0 aromatic carbocycles. The lowest BCUT2D eigenvalue weighted by molar-refractivity contribution is 0.199. The summed E-state index contributed by atoms with van der Waals surface area (Å²) in [6.07, 6.45) is 3.69. The fourth-order valence-corrected chi connectivity index (χ4v) is 2.93. The van der Waals surface area contributed by atoms with Gasteiger partial charge in [0.05, 0.1) is 17.5 Å². The monoisotopic (exact) mass is 326 g/mol. The Kier molecular flexibility index (Phi) is 6.38. The minimum atomic E-state index is 0.699. The van der Waals surface area contributed by atoms with Gasteiger partial charge in [-0.3, -0.25) is 0 Å². The molecule has 0 aliphatic carbocycles. The van der Waals surface area contributed by atoms with E-state index in [1.54, 1.807) is 18.4 Å². The molecule has 21 heavy (non-hydrogen) atoms. The summed E-state index contributed by atoms with van der Waals surface area (Å²) in [5.41, 5.74) is 1.06. The zero-order valence-corrected chi connectivity index (χ0v) is 13.7. The van der Waals surface area contributed by atoms with Crippen LogP contribution in [0.4, 0.5) is 5.95 Å². The molecule has 2 aromatic heterocycles. The summed E-state index contributed by atoms with van der Waals surface area (Å²) >= 11 is 7.51. The molecule has 2 rings (SSSR count). The summed E-state index contributed by atoms with van der Waals surface area (Å²) in [7, 11) is 3.66. The van der Waals surface area contributed by atoms with Crippen LogP contribution in [0.3, 0.4) is 0 Å². The molecule has 1 N–H and O–H groups in total. The predicted molar refractivity (Wildman–Crippen MR) is 87.1 cm³/mol. The molecule has 0 radical (unpaired) electrons. The number of methoxy groups -OCH3 is 1. The lowest BCUT2D eigenvalue weighted by atomic mass is 10.3. The van der Waals surface area contributed by atoms with E-state index < -0.39 is 0 Å². The molecule has 0 saturated heterocycles. The van der Waals surface area contributed by atoms with Crippen LogP contribution in [-0.2, 0) is 17.8 Å². The van der Waals surface area contributed by atoms with E-state index in [-0.39, 0.29) is 0 Å². The third kappa shape index (κ3) is 5.24. The smallest absolute Gasteiger partial charge is 0.225 e. The third-order valence-corrected chi connectivity index (χ3v) is 4.08. The van der Waals surface area contributed by atoms with E-state index in [4.69, 9.17) is 16.3 Å². The summed E-state index contributed by atoms with van der Waals surface area (Å²) in [5, 5.41) is 3.26. The van der Waals surface area contributed by atoms with Crippen molar-refractivity contribution in [2.45, 2.75) is 13.1 Å². The lowest BCUT2D eigenvalue weighted by Gasteiger charge is -2.16. The fraction of sp³-hybridized carbons (Fsp3) is 0.429. The van der Waals surface area contributed by atoms with Gasteiger partial charge in [0.1, 0.15) is 0 Å². The van der Waals surface area contributed by atoms with Crippen molar-refractivity contribution in [3.05, 3.63) is 39.3 Å². The number of thiophene rings is 1. The maximum absolute atomic E-state index is 5.93. The highest BCUT2D eigenvalue weighted by Crippen LogP contribution is 2.23. The highest BCUT2D eigenvalue weighted by molar-refractivity contribution is 7.16. The second kappa shape index (κ2) is 8.29. The summed E-state index contributed by atoms with van der Waals surface area (Å²) in [4.78, 5) is 12.0. The number of hydrogen-bond acceptors (Lipinski definition) is 6. The standard InChI is InChI=1S/C14H19ClN4OS/c1-19(10-12-3-4-13(15)21-12)14-17-8-11(9-18-14)7-16-5-6-20-2/h3-4,8-9,16H,5-7,10H2,1-2H3. The summed E-state index contributed by atoms with van der Waals surface area (Å²) in [5.74, 6) is 0.708. The number of anilines is 1. The Labute approximate surface area is 133 Å². The van der Waals surface area contributed by atoms with Gasteiger partial charge in [-0.25, -0.2) is 9.97 Å². The average molecular weight is 327 g/mol. The van der Waals surface area contributed by atoms with Gasteiger partial charge in [-0.1, -0.05) is 11.6 Å². The third-order valence-electron chi connectivity index (χ3n) is 2.87. The first kappa shape index (κ1) is 16.2. The van der Waals surface area contributed by atoms with Crippen molar-refractivity contribution in [2.75, 3.05) is 32.2 Å². The van der Waals surface area contributed by atoms with Gasteiger partial charge in [0.25, 0.3) is 0 Å². The molecule has 0 aliphatic heterocycles. The minimum Gasteiger partial charge on any atom is -0.383 e. The molecule has 2 heterocycles. The quantitative estimate of drug-likeness (QED) is 0.756. The molecule has 0 fully saturated rings. The van der Waals surface area contributed by atoms with Crippen LogP contribution in [0.2, 0.25) is 4.34 Å². The zero-order chi connectivity index (χ0) is 15.1. The largest absolute Gasteiger partial charge is 0.383 e. The number of halogens is 1. The van der Waals surface area contributed by atoms with Crippen LogP contribution in [0.15, 0.2) is 24.5 Å². The van der Waals surface area contributed by atoms with Crippen LogP contribution in [0.25, 0.3) is 0 Å². The van der Waals surface area contributed by atoms with Crippen LogP contribution in [0, 0.1) is 0 Å². The Hall–Kier alpha value is -1.21. The molecule has 7 heteroatoms. The minimum absolute atomic E-state index is 0.699. The number of nitrogens with zero attached hydrogens (tertiary/aromatic N) is 3. The van der Waals surface area contributed by atoms with Crippen LogP contribution in [0.1, 0.15) is 10.4 Å². The van der Waals surface area contributed by atoms with Gasteiger partial charge < -0.3 is 15.0 Å². The Balaban J connectivity index is 1.86. The first-order valence-electron chi connectivity index (χ1n) is 6.65. The van der Waals surface area contributed by atoms with Gasteiger partial charge in [-0.05, 0) is 12.1 Å². The molecular weight excluding hydrogens is 308 g/mol. The SMILES string of the molecule is COCCNCc1cnc(N(C)Cc2ccc(Cl)s2)nc1. The van der Waals surface area contributed by atoms with Crippen molar-refractivity contribution in [3.63, 3.8) is 0 Å². The number of rotatable bonds is 8. The van der Waals surface area contributed by atoms with Crippen molar-refractivity contribution in [2.24, 2.45) is 0 Å². The molecule has 0 saturated carbocycles. The van der Waals surface area contributed by atoms with Crippen molar-refractivity contribution >= 4 is 28.9 Å². The number of aromatic nitrogens is 2. The fourth-order valence-electron chi connectivity index (χ4n) is 1.78. The van der Waals surface area contributed by atoms with Crippen LogP contribution in [-0.4, -0.2) is 37.3 Å². The summed E-state index contributed by atoms with van der Waals surface area (Å²) in [6.45, 7) is 3.01. The highest BCUT2D eigenvalue weighted by Gasteiger charge is 2.07. The van der Waals surface area contributed by atoms with E-state index >= 15 is 0 Å². The second-order valence-electron chi connectivity index (χ2n) is 4.62. The van der Waals surface area contributed by atoms with Gasteiger partial charge in [0.2, 0.25) is 5.95 Å². The summed E-state index contributed by atoms with van der Waals surface area (Å²) in [6, 6.07) is 3.93. The van der Waals surface area contributed by atoms with E-state index in [0.717, 1.165) is 29.5 Å². The molecule has 114 valence electrons. The number of ether oxygens (including phenoxy) is 1. The van der Waals surface area contributed by atoms with Gasteiger partial charge in [-0.2, -0.15) is 0 Å². The molecular formula is C14H19ClN4OS. The predicted octanol–water partition coefficient (Wildman–Crippen LogP) is 2.56. The number of nitrogens with one attached hydrogen (secondary N) is 1. The molecule has 0 bridgehead atoms. The van der Waals surface area contributed by atoms with Crippen molar-refractivity contribution in [1.82, 2.24) is 15.3 Å². The maximum Gasteiger partial charge on any atom is 0.225 e. The second-order valence-corrected chi connectivity index (χ2v) is 6.42. The Morgan fingerprint density at radius 3 is 2.71 bits per heavy atom. The molecule has 0 aliphatic rings. The Morgan fingerprint density at radius 2 is 2.10 bits per heavy atom. The van der Waals surface area contributed by atoms with Crippen LogP contribution in [0.5, 0.6) is 0 Å². The molecule has 0 atom stereocenters. The van der Waals surface area contributed by atoms with Crippen molar-refractivity contribution in [3.8, 4) is 0 Å². The van der Waals surface area contributed by atoms with Gasteiger partial charge >= 0.3 is 0 Å². The molecule has 2 aromatic rings.